The highest BCUT2D eigenvalue weighted by molar-refractivity contribution is 5.86. The molecule has 0 aliphatic rings. The van der Waals surface area contributed by atoms with Crippen LogP contribution in [0.2, 0.25) is 0 Å². The lowest BCUT2D eigenvalue weighted by atomic mass is 10.1. The van der Waals surface area contributed by atoms with Gasteiger partial charge in [-0.25, -0.2) is 4.99 Å². The highest BCUT2D eigenvalue weighted by atomic mass is 16.5. The number of benzene rings is 1. The third-order valence-corrected chi connectivity index (χ3v) is 4.16. The molecule has 0 spiro atoms. The Balaban J connectivity index is 1.97. The molecule has 0 atom stereocenters. The molecular formula is C19H29N5O2. The van der Waals surface area contributed by atoms with Gasteiger partial charge in [0.15, 0.2) is 5.96 Å². The van der Waals surface area contributed by atoms with Gasteiger partial charge in [-0.1, -0.05) is 18.2 Å². The monoisotopic (exact) mass is 359 g/mol. The van der Waals surface area contributed by atoms with Crippen molar-refractivity contribution in [2.75, 3.05) is 47.4 Å². The summed E-state index contributed by atoms with van der Waals surface area (Å²) in [6.07, 6.45) is 0.864. The van der Waals surface area contributed by atoms with Crippen molar-refractivity contribution < 1.29 is 9.53 Å². The van der Waals surface area contributed by atoms with E-state index in [0.717, 1.165) is 18.5 Å². The number of nitrogens with zero attached hydrogens (tertiary/aromatic N) is 2. The van der Waals surface area contributed by atoms with Crippen LogP contribution < -0.4 is 10.6 Å². The molecule has 7 nitrogen and oxygen atoms in total. The van der Waals surface area contributed by atoms with Crippen LogP contribution in [0.15, 0.2) is 29.3 Å². The van der Waals surface area contributed by atoms with Crippen LogP contribution in [0.4, 0.5) is 0 Å². The third kappa shape index (κ3) is 5.49. The van der Waals surface area contributed by atoms with E-state index in [-0.39, 0.29) is 12.5 Å². The van der Waals surface area contributed by atoms with E-state index in [4.69, 9.17) is 4.74 Å². The van der Waals surface area contributed by atoms with Crippen LogP contribution in [0.5, 0.6) is 0 Å². The molecule has 0 unspecified atom stereocenters. The van der Waals surface area contributed by atoms with E-state index in [1.165, 1.54) is 21.5 Å². The van der Waals surface area contributed by atoms with Gasteiger partial charge in [-0.05, 0) is 25.0 Å². The number of para-hydroxylation sites is 1. The van der Waals surface area contributed by atoms with Crippen LogP contribution in [-0.4, -0.2) is 69.2 Å². The quantitative estimate of drug-likeness (QED) is 0.377. The van der Waals surface area contributed by atoms with Crippen LogP contribution in [0, 0.1) is 6.92 Å². The number of carbonyl (C=O) groups is 1. The number of nitrogens with one attached hydrogen (secondary N) is 3. The van der Waals surface area contributed by atoms with Gasteiger partial charge < -0.3 is 25.3 Å². The molecule has 142 valence electrons. The topological polar surface area (TPSA) is 81.8 Å². The number of guanidine groups is 1. The van der Waals surface area contributed by atoms with Gasteiger partial charge in [-0.15, -0.1) is 0 Å². The molecule has 2 rings (SSSR count). The Kier molecular flexibility index (Phi) is 7.47. The van der Waals surface area contributed by atoms with Crippen molar-refractivity contribution in [2.24, 2.45) is 4.99 Å². The van der Waals surface area contributed by atoms with Crippen LogP contribution in [0.25, 0.3) is 10.9 Å². The second-order valence-electron chi connectivity index (χ2n) is 6.32. The number of rotatable bonds is 8. The average molecular weight is 359 g/mol. The molecule has 1 heterocycles. The second-order valence-corrected chi connectivity index (χ2v) is 6.32. The number of amides is 1. The van der Waals surface area contributed by atoms with Gasteiger partial charge in [0.25, 0.3) is 0 Å². The number of aryl methyl sites for hydroxylation is 1. The zero-order valence-electron chi connectivity index (χ0n) is 16.1. The standard InChI is InChI=1S/C19H29N5O2/c1-14-15(16-7-5-6-8-17(16)23-14)9-10-20-19(21-11-12-26-4)22-13-18(25)24(2)3/h5-8,23H,9-13H2,1-4H3,(H2,20,21,22). The summed E-state index contributed by atoms with van der Waals surface area (Å²) in [5.41, 5.74) is 3.64. The molecule has 0 bridgehead atoms. The lowest BCUT2D eigenvalue weighted by molar-refractivity contribution is -0.127. The van der Waals surface area contributed by atoms with Gasteiger partial charge in [0.05, 0.1) is 6.61 Å². The highest BCUT2D eigenvalue weighted by Gasteiger charge is 2.08. The number of aromatic amines is 1. The molecule has 0 aliphatic heterocycles. The van der Waals surface area contributed by atoms with Crippen molar-refractivity contribution in [1.29, 1.82) is 0 Å². The Bertz CT molecular complexity index is 751. The van der Waals surface area contributed by atoms with E-state index in [1.807, 2.05) is 6.07 Å². The Morgan fingerprint density at radius 3 is 2.69 bits per heavy atom. The van der Waals surface area contributed by atoms with Crippen molar-refractivity contribution in [3.63, 3.8) is 0 Å². The Morgan fingerprint density at radius 1 is 1.23 bits per heavy atom. The maximum absolute atomic E-state index is 11.8. The van der Waals surface area contributed by atoms with Crippen LogP contribution in [0.1, 0.15) is 11.3 Å². The van der Waals surface area contributed by atoms with Crippen LogP contribution in [-0.2, 0) is 16.0 Å². The summed E-state index contributed by atoms with van der Waals surface area (Å²) in [5.74, 6) is 0.583. The van der Waals surface area contributed by atoms with Gasteiger partial charge in [-0.3, -0.25) is 4.79 Å². The van der Waals surface area contributed by atoms with Gasteiger partial charge in [-0.2, -0.15) is 0 Å². The summed E-state index contributed by atoms with van der Waals surface area (Å²) in [6.45, 7) is 4.13. The Hall–Kier alpha value is -2.54. The van der Waals surface area contributed by atoms with E-state index in [2.05, 4.69) is 45.7 Å². The molecule has 2 aromatic rings. The first-order valence-corrected chi connectivity index (χ1v) is 8.80. The highest BCUT2D eigenvalue weighted by Crippen LogP contribution is 2.21. The summed E-state index contributed by atoms with van der Waals surface area (Å²) < 4.78 is 5.06. The predicted octanol–water partition coefficient (Wildman–Crippen LogP) is 1.29. The van der Waals surface area contributed by atoms with E-state index >= 15 is 0 Å². The number of ether oxygens (including phenoxy) is 1. The number of methoxy groups -OCH3 is 1. The van der Waals surface area contributed by atoms with Gasteiger partial charge in [0.1, 0.15) is 6.54 Å². The number of carbonyl (C=O) groups excluding carboxylic acids is 1. The fourth-order valence-electron chi connectivity index (χ4n) is 2.70. The molecular weight excluding hydrogens is 330 g/mol. The van der Waals surface area contributed by atoms with E-state index in [0.29, 0.717) is 19.1 Å². The SMILES string of the molecule is COCCNC(=NCC(=O)N(C)C)NCCc1c(C)[nH]c2ccccc12. The number of aliphatic imine (C=N–C) groups is 1. The number of aromatic nitrogens is 1. The van der Waals surface area contributed by atoms with Crippen molar-refractivity contribution >= 4 is 22.8 Å². The molecule has 1 amide bonds. The smallest absolute Gasteiger partial charge is 0.243 e. The summed E-state index contributed by atoms with van der Waals surface area (Å²) in [7, 11) is 5.10. The lowest BCUT2D eigenvalue weighted by Crippen LogP contribution is -2.40. The fourth-order valence-corrected chi connectivity index (χ4v) is 2.70. The second kappa shape index (κ2) is 9.82. The Morgan fingerprint density at radius 2 is 1.96 bits per heavy atom. The zero-order chi connectivity index (χ0) is 18.9. The molecule has 3 N–H and O–H groups in total. The van der Waals surface area contributed by atoms with Crippen molar-refractivity contribution in [1.82, 2.24) is 20.5 Å². The number of hydrogen-bond donors (Lipinski definition) is 3. The van der Waals surface area contributed by atoms with Crippen molar-refractivity contribution in [3.8, 4) is 0 Å². The average Bonchev–Trinajstić information content (AvgIpc) is 2.94. The van der Waals surface area contributed by atoms with Gasteiger partial charge >= 0.3 is 0 Å². The predicted molar refractivity (Wildman–Crippen MR) is 106 cm³/mol. The number of likely N-dealkylation sites (N-methyl/N-ethyl adjacent to an activating group) is 1. The molecule has 1 aromatic heterocycles. The Labute approximate surface area is 154 Å². The molecule has 0 aliphatic carbocycles. The third-order valence-electron chi connectivity index (χ3n) is 4.16. The zero-order valence-corrected chi connectivity index (χ0v) is 16.1. The molecule has 0 saturated carbocycles. The number of fused-ring (bicyclic) bond motifs is 1. The van der Waals surface area contributed by atoms with Gasteiger partial charge in [0.2, 0.25) is 5.91 Å². The van der Waals surface area contributed by atoms with Gasteiger partial charge in [0, 0.05) is 50.9 Å². The molecule has 0 radical (unpaired) electrons. The summed E-state index contributed by atoms with van der Waals surface area (Å²) in [4.78, 5) is 21.1. The van der Waals surface area contributed by atoms with E-state index < -0.39 is 0 Å². The molecule has 7 heteroatoms. The fraction of sp³-hybridized carbons (Fsp3) is 0.474. The van der Waals surface area contributed by atoms with Crippen LogP contribution >= 0.6 is 0 Å². The largest absolute Gasteiger partial charge is 0.383 e. The minimum absolute atomic E-state index is 0.0367. The summed E-state index contributed by atoms with van der Waals surface area (Å²) >= 11 is 0. The number of H-pyrrole nitrogens is 1. The van der Waals surface area contributed by atoms with Crippen molar-refractivity contribution in [3.05, 3.63) is 35.5 Å². The summed E-state index contributed by atoms with van der Waals surface area (Å²) in [6, 6.07) is 8.31. The first kappa shape index (κ1) is 19.8. The van der Waals surface area contributed by atoms with Crippen molar-refractivity contribution in [2.45, 2.75) is 13.3 Å². The normalized spacial score (nSPS) is 11.6. The summed E-state index contributed by atoms with van der Waals surface area (Å²) in [5, 5.41) is 7.73. The van der Waals surface area contributed by atoms with E-state index in [1.54, 1.807) is 21.2 Å². The minimum atomic E-state index is -0.0367. The molecule has 0 saturated heterocycles. The molecule has 26 heavy (non-hydrogen) atoms. The number of hydrogen-bond acceptors (Lipinski definition) is 3. The lowest BCUT2D eigenvalue weighted by Gasteiger charge is -2.13. The maximum atomic E-state index is 11.8. The first-order valence-electron chi connectivity index (χ1n) is 8.80. The van der Waals surface area contributed by atoms with Crippen LogP contribution in [0.3, 0.4) is 0 Å². The maximum Gasteiger partial charge on any atom is 0.243 e. The minimum Gasteiger partial charge on any atom is -0.383 e. The first-order chi connectivity index (χ1) is 12.5. The molecule has 1 aromatic carbocycles. The molecule has 0 fully saturated rings. The van der Waals surface area contributed by atoms with E-state index in [9.17, 15) is 4.79 Å².